The van der Waals surface area contributed by atoms with Crippen molar-refractivity contribution >= 4 is 58.2 Å². The normalized spacial score (nSPS) is 10.4. The summed E-state index contributed by atoms with van der Waals surface area (Å²) in [7, 11) is 0. The van der Waals surface area contributed by atoms with Crippen LogP contribution in [-0.2, 0) is 9.59 Å². The quantitative estimate of drug-likeness (QED) is 0.579. The summed E-state index contributed by atoms with van der Waals surface area (Å²) in [6, 6.07) is 0. The van der Waals surface area contributed by atoms with Gasteiger partial charge in [0.05, 0.1) is 0 Å². The fourth-order valence-corrected chi connectivity index (χ4v) is 0.834. The Kier molecular flexibility index (Phi) is 7.45. The van der Waals surface area contributed by atoms with Gasteiger partial charge in [-0.3, -0.25) is 9.59 Å². The molecule has 0 rings (SSSR count). The molecule has 0 aromatic rings. The predicted molar refractivity (Wildman–Crippen MR) is 57.0 cm³/mol. The van der Waals surface area contributed by atoms with Crippen LogP contribution in [0.5, 0.6) is 0 Å². The van der Waals surface area contributed by atoms with Gasteiger partial charge in [0.2, 0.25) is 0 Å². The number of carbonyl (C=O) groups is 2. The van der Waals surface area contributed by atoms with Crippen molar-refractivity contribution in [2.45, 2.75) is 9.67 Å². The summed E-state index contributed by atoms with van der Waals surface area (Å²) >= 11 is 21.0. The first kappa shape index (κ1) is 14.1. The maximum atomic E-state index is 10.8. The molecule has 0 atom stereocenters. The maximum absolute atomic E-state index is 10.8. The van der Waals surface area contributed by atoms with Crippen LogP contribution in [0.4, 0.5) is 0 Å². The molecule has 82 valence electrons. The number of amides is 2. The summed E-state index contributed by atoms with van der Waals surface area (Å²) in [5.41, 5.74) is 0. The monoisotopic (exact) mass is 280 g/mol. The van der Waals surface area contributed by atoms with Crippen LogP contribution in [0.25, 0.3) is 0 Å². The van der Waals surface area contributed by atoms with E-state index in [0.717, 1.165) is 0 Å². The summed E-state index contributed by atoms with van der Waals surface area (Å²) in [5, 5.41) is 4.75. The summed E-state index contributed by atoms with van der Waals surface area (Å²) in [6.07, 6.45) is 0. The Balaban J connectivity index is 3.48. The SMILES string of the molecule is O=C(NCCNC(=O)C(Cl)Cl)C(Cl)Cl. The predicted octanol–water partition coefficient (Wildman–Crippen LogP) is 0.826. The van der Waals surface area contributed by atoms with Gasteiger partial charge < -0.3 is 10.6 Å². The van der Waals surface area contributed by atoms with Gasteiger partial charge in [0.25, 0.3) is 11.8 Å². The summed E-state index contributed by atoms with van der Waals surface area (Å²) in [4.78, 5) is 19.3. The Hall–Kier alpha value is 0.1000. The van der Waals surface area contributed by atoms with Crippen LogP contribution in [-0.4, -0.2) is 34.6 Å². The van der Waals surface area contributed by atoms with E-state index in [1.165, 1.54) is 0 Å². The molecule has 0 aromatic carbocycles. The standard InChI is InChI=1S/C6H8Cl4N2O2/c7-3(8)5(13)11-1-2-12-6(14)4(9)10/h3-4H,1-2H2,(H,11,13)(H,12,14). The van der Waals surface area contributed by atoms with Crippen molar-refractivity contribution < 1.29 is 9.59 Å². The van der Waals surface area contributed by atoms with E-state index in [1.54, 1.807) is 0 Å². The highest BCUT2D eigenvalue weighted by atomic mass is 35.5. The molecule has 0 aliphatic rings. The van der Waals surface area contributed by atoms with E-state index in [2.05, 4.69) is 10.6 Å². The molecule has 0 saturated heterocycles. The van der Waals surface area contributed by atoms with Crippen LogP contribution >= 0.6 is 46.4 Å². The minimum Gasteiger partial charge on any atom is -0.352 e. The average molecular weight is 282 g/mol. The Morgan fingerprint density at radius 1 is 0.857 bits per heavy atom. The molecule has 0 saturated carbocycles. The molecule has 0 fully saturated rings. The lowest BCUT2D eigenvalue weighted by Gasteiger charge is -2.07. The average Bonchev–Trinajstić information content (AvgIpc) is 2.11. The van der Waals surface area contributed by atoms with Crippen LogP contribution < -0.4 is 10.6 Å². The number of hydrogen-bond donors (Lipinski definition) is 2. The zero-order valence-corrected chi connectivity index (χ0v) is 9.92. The molecule has 0 unspecified atom stereocenters. The van der Waals surface area contributed by atoms with Crippen molar-refractivity contribution in [3.05, 3.63) is 0 Å². The Bertz CT molecular complexity index is 188. The smallest absolute Gasteiger partial charge is 0.253 e. The van der Waals surface area contributed by atoms with E-state index in [-0.39, 0.29) is 13.1 Å². The topological polar surface area (TPSA) is 58.2 Å². The molecule has 0 bridgehead atoms. The largest absolute Gasteiger partial charge is 0.352 e. The molecule has 8 heteroatoms. The number of alkyl halides is 4. The van der Waals surface area contributed by atoms with Crippen LogP contribution in [0, 0.1) is 0 Å². The molecule has 0 heterocycles. The van der Waals surface area contributed by atoms with E-state index in [4.69, 9.17) is 46.4 Å². The minimum absolute atomic E-state index is 0.209. The fraction of sp³-hybridized carbons (Fsp3) is 0.667. The summed E-state index contributed by atoms with van der Waals surface area (Å²) in [5.74, 6) is -1.04. The molecule has 14 heavy (non-hydrogen) atoms. The number of carbonyl (C=O) groups excluding carboxylic acids is 2. The first-order valence-corrected chi connectivity index (χ1v) is 5.31. The van der Waals surface area contributed by atoms with E-state index in [1.807, 2.05) is 0 Å². The summed E-state index contributed by atoms with van der Waals surface area (Å²) in [6.45, 7) is 0.419. The molecule has 0 aliphatic heterocycles. The third-order valence-corrected chi connectivity index (χ3v) is 1.91. The molecular weight excluding hydrogens is 274 g/mol. The van der Waals surface area contributed by atoms with Gasteiger partial charge in [-0.2, -0.15) is 0 Å². The number of rotatable bonds is 5. The molecule has 0 aliphatic carbocycles. The molecular formula is C6H8Cl4N2O2. The van der Waals surface area contributed by atoms with E-state index in [0.29, 0.717) is 0 Å². The van der Waals surface area contributed by atoms with Gasteiger partial charge in [0.1, 0.15) is 0 Å². The first-order valence-electron chi connectivity index (χ1n) is 3.57. The minimum atomic E-state index is -1.11. The Morgan fingerprint density at radius 3 is 1.36 bits per heavy atom. The van der Waals surface area contributed by atoms with Crippen molar-refractivity contribution in [2.24, 2.45) is 0 Å². The van der Waals surface area contributed by atoms with Crippen molar-refractivity contribution in [3.8, 4) is 0 Å². The number of hydrogen-bond acceptors (Lipinski definition) is 2. The third kappa shape index (κ3) is 6.54. The van der Waals surface area contributed by atoms with Gasteiger partial charge in [-0.25, -0.2) is 0 Å². The van der Waals surface area contributed by atoms with Crippen molar-refractivity contribution in [1.82, 2.24) is 10.6 Å². The van der Waals surface area contributed by atoms with Gasteiger partial charge in [0, 0.05) is 13.1 Å². The van der Waals surface area contributed by atoms with E-state index < -0.39 is 21.5 Å². The van der Waals surface area contributed by atoms with Crippen molar-refractivity contribution in [1.29, 1.82) is 0 Å². The third-order valence-electron chi connectivity index (χ3n) is 1.12. The lowest BCUT2D eigenvalue weighted by atomic mass is 10.5. The lowest BCUT2D eigenvalue weighted by Crippen LogP contribution is -2.38. The van der Waals surface area contributed by atoms with Crippen molar-refractivity contribution in [2.75, 3.05) is 13.1 Å². The summed E-state index contributed by atoms with van der Waals surface area (Å²) < 4.78 is 0. The Morgan fingerprint density at radius 2 is 1.14 bits per heavy atom. The van der Waals surface area contributed by atoms with Crippen LogP contribution in [0.2, 0.25) is 0 Å². The molecule has 0 spiro atoms. The second-order valence-corrected chi connectivity index (χ2v) is 4.38. The first-order chi connectivity index (χ1) is 6.45. The van der Waals surface area contributed by atoms with E-state index in [9.17, 15) is 9.59 Å². The highest BCUT2D eigenvalue weighted by Crippen LogP contribution is 2.00. The van der Waals surface area contributed by atoms with Gasteiger partial charge >= 0.3 is 0 Å². The number of halogens is 4. The van der Waals surface area contributed by atoms with Gasteiger partial charge in [-0.05, 0) is 0 Å². The van der Waals surface area contributed by atoms with Gasteiger partial charge in [-0.1, -0.05) is 46.4 Å². The molecule has 4 nitrogen and oxygen atoms in total. The maximum Gasteiger partial charge on any atom is 0.253 e. The zero-order chi connectivity index (χ0) is 11.1. The van der Waals surface area contributed by atoms with Gasteiger partial charge in [-0.15, -0.1) is 0 Å². The molecule has 2 amide bonds. The van der Waals surface area contributed by atoms with E-state index >= 15 is 0 Å². The molecule has 0 aromatic heterocycles. The van der Waals surface area contributed by atoms with Crippen LogP contribution in [0.1, 0.15) is 0 Å². The van der Waals surface area contributed by atoms with Crippen LogP contribution in [0.15, 0.2) is 0 Å². The van der Waals surface area contributed by atoms with Crippen LogP contribution in [0.3, 0.4) is 0 Å². The molecule has 0 radical (unpaired) electrons. The number of nitrogens with one attached hydrogen (secondary N) is 2. The molecule has 2 N–H and O–H groups in total. The Labute approximate surface area is 101 Å². The zero-order valence-electron chi connectivity index (χ0n) is 6.90. The highest BCUT2D eigenvalue weighted by Gasteiger charge is 2.12. The van der Waals surface area contributed by atoms with Gasteiger partial charge in [0.15, 0.2) is 9.67 Å². The highest BCUT2D eigenvalue weighted by molar-refractivity contribution is 6.53. The lowest BCUT2D eigenvalue weighted by molar-refractivity contribution is -0.121. The second-order valence-electron chi connectivity index (χ2n) is 2.18. The fourth-order valence-electron chi connectivity index (χ4n) is 0.526. The van der Waals surface area contributed by atoms with Crippen molar-refractivity contribution in [3.63, 3.8) is 0 Å². The second kappa shape index (κ2) is 7.40.